The van der Waals surface area contributed by atoms with Crippen LogP contribution in [-0.2, 0) is 4.74 Å². The van der Waals surface area contributed by atoms with E-state index in [1.54, 1.807) is 6.92 Å². The van der Waals surface area contributed by atoms with Crippen LogP contribution in [0, 0.1) is 11.6 Å². The smallest absolute Gasteiger partial charge is 0.321 e. The lowest BCUT2D eigenvalue weighted by Gasteiger charge is -2.50. The number of amides is 2. The molecule has 1 fully saturated rings. The van der Waals surface area contributed by atoms with Crippen LogP contribution in [0.25, 0.3) is 0 Å². The molecule has 1 aromatic carbocycles. The molecule has 2 unspecified atom stereocenters. The van der Waals surface area contributed by atoms with E-state index in [4.69, 9.17) is 9.47 Å². The van der Waals surface area contributed by atoms with Crippen molar-refractivity contribution in [1.82, 2.24) is 10.2 Å². The molecule has 0 spiro atoms. The van der Waals surface area contributed by atoms with Crippen LogP contribution in [0.5, 0.6) is 5.75 Å². The highest BCUT2D eigenvalue weighted by atomic mass is 19.1. The van der Waals surface area contributed by atoms with Crippen molar-refractivity contribution in [3.8, 4) is 5.75 Å². The molecule has 114 valence electrons. The molecule has 21 heavy (non-hydrogen) atoms. The number of hydrogen-bond acceptors (Lipinski definition) is 3. The second kappa shape index (κ2) is 4.84. The maximum Gasteiger partial charge on any atom is 0.321 e. The Bertz CT molecular complexity index is 596. The van der Waals surface area contributed by atoms with Crippen molar-refractivity contribution >= 4 is 6.03 Å². The highest BCUT2D eigenvalue weighted by Crippen LogP contribution is 2.45. The van der Waals surface area contributed by atoms with E-state index in [0.29, 0.717) is 25.1 Å². The fourth-order valence-corrected chi connectivity index (χ4v) is 2.95. The van der Waals surface area contributed by atoms with Crippen LogP contribution >= 0.6 is 0 Å². The summed E-state index contributed by atoms with van der Waals surface area (Å²) in [6.07, 6.45) is 0.415. The lowest BCUT2D eigenvalue weighted by atomic mass is 9.90. The number of ether oxygens (including phenoxy) is 2. The Kier molecular flexibility index (Phi) is 3.24. The summed E-state index contributed by atoms with van der Waals surface area (Å²) in [5.74, 6) is -1.45. The summed E-state index contributed by atoms with van der Waals surface area (Å²) in [6.45, 7) is 2.39. The largest absolute Gasteiger partial charge is 0.465 e. The van der Waals surface area contributed by atoms with Gasteiger partial charge < -0.3 is 14.8 Å². The minimum Gasteiger partial charge on any atom is -0.465 e. The minimum atomic E-state index is -0.975. The molecule has 0 radical (unpaired) electrons. The van der Waals surface area contributed by atoms with Gasteiger partial charge in [-0.15, -0.1) is 0 Å². The molecule has 2 amide bonds. The Balaban J connectivity index is 2.01. The van der Waals surface area contributed by atoms with Crippen LogP contribution in [-0.4, -0.2) is 36.9 Å². The fraction of sp³-hybridized carbons (Fsp3) is 0.500. The van der Waals surface area contributed by atoms with Gasteiger partial charge in [0.25, 0.3) is 0 Å². The third-order valence-corrected chi connectivity index (χ3v) is 3.95. The highest BCUT2D eigenvalue weighted by Gasteiger charge is 2.49. The van der Waals surface area contributed by atoms with Gasteiger partial charge in [-0.1, -0.05) is 0 Å². The molecule has 2 aliphatic heterocycles. The van der Waals surface area contributed by atoms with Gasteiger partial charge in [-0.2, -0.15) is 0 Å². The number of carbonyl (C=O) groups excluding carboxylic acids is 1. The quantitative estimate of drug-likeness (QED) is 0.930. The molecule has 2 atom stereocenters. The first-order valence-corrected chi connectivity index (χ1v) is 6.69. The molecule has 5 nitrogen and oxygen atoms in total. The molecule has 1 N–H and O–H groups in total. The van der Waals surface area contributed by atoms with E-state index in [-0.39, 0.29) is 11.8 Å². The van der Waals surface area contributed by atoms with Gasteiger partial charge in [0.05, 0.1) is 12.6 Å². The lowest BCUT2D eigenvalue weighted by molar-refractivity contribution is -0.0914. The lowest BCUT2D eigenvalue weighted by Crippen LogP contribution is -2.65. The summed E-state index contributed by atoms with van der Waals surface area (Å²) in [5.41, 5.74) is -0.637. The molecule has 0 aromatic heterocycles. The predicted molar refractivity (Wildman–Crippen MR) is 69.9 cm³/mol. The first-order chi connectivity index (χ1) is 9.94. The Morgan fingerprint density at radius 3 is 3.00 bits per heavy atom. The summed E-state index contributed by atoms with van der Waals surface area (Å²) in [6, 6.07) is 1.19. The van der Waals surface area contributed by atoms with Crippen LogP contribution in [0.1, 0.15) is 24.9 Å². The molecule has 1 aromatic rings. The average molecular weight is 298 g/mol. The van der Waals surface area contributed by atoms with E-state index >= 15 is 0 Å². The summed E-state index contributed by atoms with van der Waals surface area (Å²) in [7, 11) is 1.53. The zero-order valence-corrected chi connectivity index (χ0v) is 11.8. The van der Waals surface area contributed by atoms with Crippen LogP contribution in [0.3, 0.4) is 0 Å². The van der Waals surface area contributed by atoms with Gasteiger partial charge in [-0.25, -0.2) is 13.6 Å². The SMILES string of the molecule is COCCN1C(=O)NC2CC1(C)Oc1c(F)cc(F)cc12. The van der Waals surface area contributed by atoms with E-state index < -0.39 is 23.4 Å². The number of nitrogens with zero attached hydrogens (tertiary/aromatic N) is 1. The first kappa shape index (κ1) is 14.1. The number of benzene rings is 1. The number of hydrogen-bond donors (Lipinski definition) is 1. The van der Waals surface area contributed by atoms with E-state index in [1.807, 2.05) is 0 Å². The maximum absolute atomic E-state index is 14.0. The van der Waals surface area contributed by atoms with E-state index in [2.05, 4.69) is 5.32 Å². The molecule has 7 heteroatoms. The van der Waals surface area contributed by atoms with Crippen molar-refractivity contribution in [2.24, 2.45) is 0 Å². The Hall–Kier alpha value is -1.89. The predicted octanol–water partition coefficient (Wildman–Crippen LogP) is 2.18. The fourth-order valence-electron chi connectivity index (χ4n) is 2.95. The Morgan fingerprint density at radius 1 is 1.52 bits per heavy atom. The highest BCUT2D eigenvalue weighted by molar-refractivity contribution is 5.77. The number of halogens is 2. The van der Waals surface area contributed by atoms with E-state index in [0.717, 1.165) is 6.07 Å². The zero-order valence-electron chi connectivity index (χ0n) is 11.8. The molecule has 0 aliphatic carbocycles. The van der Waals surface area contributed by atoms with Crippen LogP contribution in [0.4, 0.5) is 13.6 Å². The summed E-state index contributed by atoms with van der Waals surface area (Å²) < 4.78 is 38.1. The molecule has 1 saturated heterocycles. The van der Waals surface area contributed by atoms with Crippen molar-refractivity contribution in [2.45, 2.75) is 25.1 Å². The van der Waals surface area contributed by atoms with Crippen LogP contribution < -0.4 is 10.1 Å². The topological polar surface area (TPSA) is 50.8 Å². The molecule has 0 saturated carbocycles. The van der Waals surface area contributed by atoms with Crippen molar-refractivity contribution in [3.63, 3.8) is 0 Å². The van der Waals surface area contributed by atoms with Gasteiger partial charge >= 0.3 is 6.03 Å². The molecule has 3 rings (SSSR count). The standard InChI is InChI=1S/C14H16F2N2O3/c1-14-7-11(17-13(19)18(14)3-4-20-2)9-5-8(15)6-10(16)12(9)21-14/h5-6,11H,3-4,7H2,1-2H3,(H,17,19). The number of methoxy groups -OCH3 is 1. The number of urea groups is 1. The number of carbonyl (C=O) groups is 1. The van der Waals surface area contributed by atoms with Gasteiger partial charge in [0.2, 0.25) is 0 Å². The normalized spacial score (nSPS) is 27.0. The molecular weight excluding hydrogens is 282 g/mol. The number of fused-ring (bicyclic) bond motifs is 4. The second-order valence-electron chi connectivity index (χ2n) is 5.43. The molecule has 2 heterocycles. The van der Waals surface area contributed by atoms with Gasteiger partial charge in [0.1, 0.15) is 5.82 Å². The zero-order chi connectivity index (χ0) is 15.2. The molecule has 2 aliphatic rings. The summed E-state index contributed by atoms with van der Waals surface area (Å²) in [4.78, 5) is 13.7. The van der Waals surface area contributed by atoms with Crippen molar-refractivity contribution in [2.75, 3.05) is 20.3 Å². The molecule has 2 bridgehead atoms. The minimum absolute atomic E-state index is 0.00225. The van der Waals surface area contributed by atoms with Gasteiger partial charge in [0, 0.05) is 31.7 Å². The van der Waals surface area contributed by atoms with Crippen molar-refractivity contribution in [1.29, 1.82) is 0 Å². The third-order valence-electron chi connectivity index (χ3n) is 3.95. The Labute approximate surface area is 120 Å². The number of nitrogens with one attached hydrogen (secondary N) is 1. The van der Waals surface area contributed by atoms with Crippen molar-refractivity contribution < 1.29 is 23.0 Å². The van der Waals surface area contributed by atoms with Crippen LogP contribution in [0.2, 0.25) is 0 Å². The molecular formula is C14H16F2N2O3. The van der Waals surface area contributed by atoms with E-state index in [1.165, 1.54) is 18.1 Å². The Morgan fingerprint density at radius 2 is 2.29 bits per heavy atom. The number of rotatable bonds is 3. The van der Waals surface area contributed by atoms with Gasteiger partial charge in [-0.05, 0) is 13.0 Å². The van der Waals surface area contributed by atoms with Crippen LogP contribution in [0.15, 0.2) is 12.1 Å². The van der Waals surface area contributed by atoms with Gasteiger partial charge in [0.15, 0.2) is 17.3 Å². The summed E-state index contributed by atoms with van der Waals surface area (Å²) in [5, 5.41) is 2.76. The summed E-state index contributed by atoms with van der Waals surface area (Å²) >= 11 is 0. The first-order valence-electron chi connectivity index (χ1n) is 6.69. The second-order valence-corrected chi connectivity index (χ2v) is 5.43. The van der Waals surface area contributed by atoms with Crippen molar-refractivity contribution in [3.05, 3.63) is 29.3 Å². The third kappa shape index (κ3) is 2.21. The maximum atomic E-state index is 14.0. The van der Waals surface area contributed by atoms with E-state index in [9.17, 15) is 13.6 Å². The van der Waals surface area contributed by atoms with Gasteiger partial charge in [-0.3, -0.25) is 4.90 Å². The average Bonchev–Trinajstić information content (AvgIpc) is 2.40. The monoisotopic (exact) mass is 298 g/mol.